The molecule has 2 atom stereocenters. The summed E-state index contributed by atoms with van der Waals surface area (Å²) in [6.45, 7) is 2.22. The average Bonchev–Trinajstić information content (AvgIpc) is 3.31. The van der Waals surface area contributed by atoms with E-state index >= 15 is 0 Å². The van der Waals surface area contributed by atoms with E-state index < -0.39 is 5.60 Å². The van der Waals surface area contributed by atoms with Crippen LogP contribution in [0, 0.1) is 11.8 Å². The maximum atomic E-state index is 12.8. The highest BCUT2D eigenvalue weighted by molar-refractivity contribution is 5.92. The van der Waals surface area contributed by atoms with Gasteiger partial charge in [0.25, 0.3) is 5.91 Å². The van der Waals surface area contributed by atoms with E-state index in [-0.39, 0.29) is 23.7 Å². The molecule has 0 aromatic carbocycles. The van der Waals surface area contributed by atoms with Crippen LogP contribution in [0.1, 0.15) is 49.0 Å². The summed E-state index contributed by atoms with van der Waals surface area (Å²) in [5.74, 6) is 0.240. The van der Waals surface area contributed by atoms with Crippen molar-refractivity contribution >= 4 is 11.8 Å². The first kappa shape index (κ1) is 17.5. The van der Waals surface area contributed by atoms with Gasteiger partial charge in [0.1, 0.15) is 5.69 Å². The monoisotopic (exact) mass is 360 g/mol. The van der Waals surface area contributed by atoms with Crippen LogP contribution >= 0.6 is 0 Å². The molecule has 7 heteroatoms. The number of aryl methyl sites for hydroxylation is 1. The number of nitrogens with zero attached hydrogens (tertiary/aromatic N) is 4. The normalized spacial score (nSPS) is 29.7. The first-order valence-electron chi connectivity index (χ1n) is 9.76. The number of hydrogen-bond acceptors (Lipinski definition) is 4. The Morgan fingerprint density at radius 3 is 2.46 bits per heavy atom. The van der Waals surface area contributed by atoms with Crippen LogP contribution in [-0.2, 0) is 11.8 Å². The van der Waals surface area contributed by atoms with E-state index in [0.29, 0.717) is 44.7 Å². The highest BCUT2D eigenvalue weighted by Crippen LogP contribution is 2.37. The minimum atomic E-state index is -0.757. The number of piperidine rings is 2. The van der Waals surface area contributed by atoms with Crippen molar-refractivity contribution in [1.82, 2.24) is 19.6 Å². The van der Waals surface area contributed by atoms with Gasteiger partial charge in [0.2, 0.25) is 5.91 Å². The molecule has 0 radical (unpaired) electrons. The Morgan fingerprint density at radius 2 is 1.81 bits per heavy atom. The maximum absolute atomic E-state index is 12.8. The second-order valence-electron chi connectivity index (χ2n) is 8.19. The number of aromatic nitrogens is 2. The minimum absolute atomic E-state index is 0.0805. The Hall–Kier alpha value is -1.89. The fourth-order valence-corrected chi connectivity index (χ4v) is 4.81. The van der Waals surface area contributed by atoms with Crippen molar-refractivity contribution in [1.29, 1.82) is 0 Å². The van der Waals surface area contributed by atoms with Gasteiger partial charge < -0.3 is 14.9 Å². The molecule has 26 heavy (non-hydrogen) atoms. The van der Waals surface area contributed by atoms with Crippen LogP contribution in [0.2, 0.25) is 0 Å². The third-order valence-electron chi connectivity index (χ3n) is 6.51. The molecule has 3 aliphatic rings. The summed E-state index contributed by atoms with van der Waals surface area (Å²) in [5, 5.41) is 15.2. The number of fused-ring (bicyclic) bond motifs is 1. The van der Waals surface area contributed by atoms with Crippen LogP contribution in [-0.4, -0.2) is 68.3 Å². The van der Waals surface area contributed by atoms with Crippen molar-refractivity contribution in [2.24, 2.45) is 18.9 Å². The summed E-state index contributed by atoms with van der Waals surface area (Å²) in [4.78, 5) is 29.2. The lowest BCUT2D eigenvalue weighted by atomic mass is 9.75. The number of hydrogen-bond donors (Lipinski definition) is 1. The van der Waals surface area contributed by atoms with Crippen LogP contribution < -0.4 is 0 Å². The lowest BCUT2D eigenvalue weighted by molar-refractivity contribution is -0.148. The van der Waals surface area contributed by atoms with Gasteiger partial charge in [0.05, 0.1) is 5.60 Å². The summed E-state index contributed by atoms with van der Waals surface area (Å²) in [6.07, 6.45) is 7.22. The summed E-state index contributed by atoms with van der Waals surface area (Å²) >= 11 is 0. The zero-order valence-electron chi connectivity index (χ0n) is 15.4. The highest BCUT2D eigenvalue weighted by Gasteiger charge is 2.47. The molecule has 1 aromatic rings. The molecule has 3 fully saturated rings. The second-order valence-corrected chi connectivity index (χ2v) is 8.19. The number of carbonyl (C=O) groups is 2. The van der Waals surface area contributed by atoms with Crippen molar-refractivity contribution in [3.05, 3.63) is 18.0 Å². The predicted molar refractivity (Wildman–Crippen MR) is 95.3 cm³/mol. The number of likely N-dealkylation sites (tertiary alicyclic amines) is 2. The molecule has 2 amide bonds. The smallest absolute Gasteiger partial charge is 0.274 e. The fourth-order valence-electron chi connectivity index (χ4n) is 4.81. The van der Waals surface area contributed by atoms with Crippen LogP contribution in [0.15, 0.2) is 12.3 Å². The third kappa shape index (κ3) is 3.13. The molecule has 1 aliphatic carbocycles. The Balaban J connectivity index is 1.44. The zero-order valence-corrected chi connectivity index (χ0v) is 15.4. The van der Waals surface area contributed by atoms with E-state index in [1.54, 1.807) is 28.9 Å². The lowest BCUT2D eigenvalue weighted by Gasteiger charge is -2.50. The van der Waals surface area contributed by atoms with E-state index in [2.05, 4.69) is 5.10 Å². The van der Waals surface area contributed by atoms with Crippen LogP contribution in [0.5, 0.6) is 0 Å². The van der Waals surface area contributed by atoms with Crippen LogP contribution in [0.3, 0.4) is 0 Å². The summed E-state index contributed by atoms with van der Waals surface area (Å²) in [6, 6.07) is 1.72. The highest BCUT2D eigenvalue weighted by atomic mass is 16.3. The van der Waals surface area contributed by atoms with E-state index in [0.717, 1.165) is 25.7 Å². The Morgan fingerprint density at radius 1 is 1.15 bits per heavy atom. The van der Waals surface area contributed by atoms with Gasteiger partial charge >= 0.3 is 0 Å². The molecule has 4 rings (SSSR count). The molecule has 7 nitrogen and oxygen atoms in total. The molecular formula is C19H28N4O3. The fraction of sp³-hybridized carbons (Fsp3) is 0.737. The number of rotatable bonds is 2. The average molecular weight is 360 g/mol. The van der Waals surface area contributed by atoms with Gasteiger partial charge in [0, 0.05) is 51.3 Å². The predicted octanol–water partition coefficient (Wildman–Crippen LogP) is 1.04. The number of aliphatic hydroxyl groups is 1. The van der Waals surface area contributed by atoms with Gasteiger partial charge in [0.15, 0.2) is 0 Å². The molecular weight excluding hydrogens is 332 g/mol. The minimum Gasteiger partial charge on any atom is -0.389 e. The molecule has 142 valence electrons. The van der Waals surface area contributed by atoms with E-state index in [1.807, 2.05) is 4.90 Å². The molecule has 2 unspecified atom stereocenters. The standard InChI is InChI=1S/C19H28N4O3/c1-21-9-6-16(20-21)18(25)23-11-8-19(26)7-10-22(12-15(19)13-23)17(24)14-4-2-3-5-14/h6,9,14-15,26H,2-5,7-8,10-13H2,1H3. The molecule has 1 saturated carbocycles. The van der Waals surface area contributed by atoms with Gasteiger partial charge in [-0.15, -0.1) is 0 Å². The number of carbonyl (C=O) groups excluding carboxylic acids is 2. The summed E-state index contributed by atoms with van der Waals surface area (Å²) in [7, 11) is 1.79. The van der Waals surface area contributed by atoms with Gasteiger partial charge in [-0.1, -0.05) is 12.8 Å². The summed E-state index contributed by atoms with van der Waals surface area (Å²) in [5.41, 5.74) is -0.319. The quantitative estimate of drug-likeness (QED) is 0.855. The maximum Gasteiger partial charge on any atom is 0.274 e. The van der Waals surface area contributed by atoms with Crippen molar-refractivity contribution in [2.45, 2.75) is 44.1 Å². The first-order valence-corrected chi connectivity index (χ1v) is 9.76. The SMILES string of the molecule is Cn1ccc(C(=O)N2CCC3(O)CCN(C(=O)C4CCCC4)CC3C2)n1. The van der Waals surface area contributed by atoms with Gasteiger partial charge in [-0.2, -0.15) is 5.10 Å². The van der Waals surface area contributed by atoms with E-state index in [1.165, 1.54) is 0 Å². The molecule has 0 bridgehead atoms. The lowest BCUT2D eigenvalue weighted by Crippen LogP contribution is -2.61. The first-order chi connectivity index (χ1) is 12.5. The van der Waals surface area contributed by atoms with E-state index in [9.17, 15) is 14.7 Å². The van der Waals surface area contributed by atoms with Crippen molar-refractivity contribution in [3.8, 4) is 0 Å². The summed E-state index contributed by atoms with van der Waals surface area (Å²) < 4.78 is 1.62. The third-order valence-corrected chi connectivity index (χ3v) is 6.51. The molecule has 1 N–H and O–H groups in total. The zero-order chi connectivity index (χ0) is 18.3. The largest absolute Gasteiger partial charge is 0.389 e. The molecule has 2 saturated heterocycles. The molecule has 2 aliphatic heterocycles. The van der Waals surface area contributed by atoms with E-state index in [4.69, 9.17) is 0 Å². The van der Waals surface area contributed by atoms with Crippen molar-refractivity contribution < 1.29 is 14.7 Å². The van der Waals surface area contributed by atoms with Crippen LogP contribution in [0.25, 0.3) is 0 Å². The van der Waals surface area contributed by atoms with Gasteiger partial charge in [-0.25, -0.2) is 0 Å². The second kappa shape index (κ2) is 6.68. The number of amides is 2. The van der Waals surface area contributed by atoms with Crippen molar-refractivity contribution in [3.63, 3.8) is 0 Å². The van der Waals surface area contributed by atoms with Crippen molar-refractivity contribution in [2.75, 3.05) is 26.2 Å². The Bertz CT molecular complexity index is 697. The molecule has 3 heterocycles. The Labute approximate surface area is 153 Å². The molecule has 1 aromatic heterocycles. The molecule has 0 spiro atoms. The van der Waals surface area contributed by atoms with Crippen LogP contribution in [0.4, 0.5) is 0 Å². The topological polar surface area (TPSA) is 78.7 Å². The Kier molecular flexibility index (Phi) is 4.50. The van der Waals surface area contributed by atoms with Gasteiger partial charge in [-0.3, -0.25) is 14.3 Å². The van der Waals surface area contributed by atoms with Gasteiger partial charge in [-0.05, 0) is 31.7 Å².